The first-order valence-electron chi connectivity index (χ1n) is 4.12. The minimum Gasteiger partial charge on any atom is -0.392 e. The minimum atomic E-state index is -0.350. The molecule has 0 aliphatic heterocycles. The molecule has 0 aliphatic carbocycles. The largest absolute Gasteiger partial charge is 0.392 e. The molecule has 0 heterocycles. The van der Waals surface area contributed by atoms with Gasteiger partial charge in [-0.1, -0.05) is 26.2 Å². The molecule has 2 nitrogen and oxygen atoms in total. The third-order valence-corrected chi connectivity index (χ3v) is 1.76. The topological polar surface area (TPSA) is 46.2 Å². The molecule has 10 heavy (non-hydrogen) atoms. The Hall–Kier alpha value is -0.0800. The highest BCUT2D eigenvalue weighted by atomic mass is 16.3. The Balaban J connectivity index is 3.13. The maximum atomic E-state index is 9.00. The highest BCUT2D eigenvalue weighted by molar-refractivity contribution is 4.66. The fourth-order valence-electron chi connectivity index (χ4n) is 0.871. The summed E-state index contributed by atoms with van der Waals surface area (Å²) in [4.78, 5) is 0. The van der Waals surface area contributed by atoms with E-state index in [-0.39, 0.29) is 12.1 Å². The van der Waals surface area contributed by atoms with Gasteiger partial charge in [0.1, 0.15) is 0 Å². The number of unbranched alkanes of at least 4 members (excludes halogenated alkanes) is 2. The standard InChI is InChI=1S/C8H19NO/c1-3-4-5-6-8(9)7(2)10/h7-8,10H,3-6,9H2,1-2H3/t7-,8-/m0/s1. The fraction of sp³-hybridized carbons (Fsp3) is 1.00. The first kappa shape index (κ1) is 9.92. The van der Waals surface area contributed by atoms with Crippen molar-refractivity contribution in [3.63, 3.8) is 0 Å². The normalized spacial score (nSPS) is 16.8. The Bertz CT molecular complexity index is 73.7. The van der Waals surface area contributed by atoms with E-state index in [0.29, 0.717) is 0 Å². The molecule has 3 N–H and O–H groups in total. The van der Waals surface area contributed by atoms with Crippen LogP contribution in [0.1, 0.15) is 39.5 Å². The Morgan fingerprint density at radius 3 is 2.40 bits per heavy atom. The molecule has 0 rings (SSSR count). The third-order valence-electron chi connectivity index (χ3n) is 1.76. The van der Waals surface area contributed by atoms with Crippen LogP contribution in [0.5, 0.6) is 0 Å². The SMILES string of the molecule is CCCCC[C@H](N)[C@H](C)O. The van der Waals surface area contributed by atoms with E-state index in [2.05, 4.69) is 6.92 Å². The maximum absolute atomic E-state index is 9.00. The van der Waals surface area contributed by atoms with Crippen LogP contribution in [0, 0.1) is 0 Å². The molecule has 0 bridgehead atoms. The van der Waals surface area contributed by atoms with Gasteiger partial charge in [-0.15, -0.1) is 0 Å². The van der Waals surface area contributed by atoms with E-state index < -0.39 is 0 Å². The number of aliphatic hydroxyl groups is 1. The summed E-state index contributed by atoms with van der Waals surface area (Å²) in [6.07, 6.45) is 4.18. The van der Waals surface area contributed by atoms with Crippen molar-refractivity contribution in [3.05, 3.63) is 0 Å². The average Bonchev–Trinajstić information content (AvgIpc) is 1.88. The maximum Gasteiger partial charge on any atom is 0.0662 e. The first-order chi connectivity index (χ1) is 4.68. The summed E-state index contributed by atoms with van der Waals surface area (Å²) >= 11 is 0. The van der Waals surface area contributed by atoms with E-state index in [1.165, 1.54) is 12.8 Å². The Morgan fingerprint density at radius 2 is 2.00 bits per heavy atom. The highest BCUT2D eigenvalue weighted by Gasteiger charge is 2.07. The van der Waals surface area contributed by atoms with Crippen LogP contribution in [-0.2, 0) is 0 Å². The van der Waals surface area contributed by atoms with Crippen molar-refractivity contribution in [2.24, 2.45) is 5.73 Å². The fourth-order valence-corrected chi connectivity index (χ4v) is 0.871. The number of aliphatic hydroxyl groups excluding tert-OH is 1. The third kappa shape index (κ3) is 4.77. The van der Waals surface area contributed by atoms with Crippen molar-refractivity contribution in [1.82, 2.24) is 0 Å². The summed E-state index contributed by atoms with van der Waals surface area (Å²) < 4.78 is 0. The predicted molar refractivity (Wildman–Crippen MR) is 43.8 cm³/mol. The Kier molecular flexibility index (Phi) is 5.64. The zero-order chi connectivity index (χ0) is 7.98. The first-order valence-corrected chi connectivity index (χ1v) is 4.12. The average molecular weight is 145 g/mol. The lowest BCUT2D eigenvalue weighted by Crippen LogP contribution is -2.31. The van der Waals surface area contributed by atoms with Gasteiger partial charge < -0.3 is 10.8 Å². The van der Waals surface area contributed by atoms with Gasteiger partial charge in [-0.25, -0.2) is 0 Å². The summed E-state index contributed by atoms with van der Waals surface area (Å²) in [6.45, 7) is 3.91. The van der Waals surface area contributed by atoms with Crippen LogP contribution in [0.4, 0.5) is 0 Å². The lowest BCUT2D eigenvalue weighted by molar-refractivity contribution is 0.157. The summed E-state index contributed by atoms with van der Waals surface area (Å²) in [5, 5.41) is 9.00. The van der Waals surface area contributed by atoms with Crippen LogP contribution in [0.3, 0.4) is 0 Å². The van der Waals surface area contributed by atoms with Gasteiger partial charge in [0, 0.05) is 6.04 Å². The van der Waals surface area contributed by atoms with Crippen molar-refractivity contribution in [1.29, 1.82) is 0 Å². The quantitative estimate of drug-likeness (QED) is 0.572. The van der Waals surface area contributed by atoms with Gasteiger partial charge in [-0.2, -0.15) is 0 Å². The second kappa shape index (κ2) is 5.69. The van der Waals surface area contributed by atoms with E-state index in [0.717, 1.165) is 12.8 Å². The highest BCUT2D eigenvalue weighted by Crippen LogP contribution is 2.03. The van der Waals surface area contributed by atoms with Gasteiger partial charge >= 0.3 is 0 Å². The zero-order valence-electron chi connectivity index (χ0n) is 7.01. The van der Waals surface area contributed by atoms with Crippen LogP contribution in [0.25, 0.3) is 0 Å². The second-order valence-corrected chi connectivity index (χ2v) is 2.90. The molecule has 0 radical (unpaired) electrons. The molecule has 2 heteroatoms. The molecule has 0 aromatic heterocycles. The molecule has 0 saturated carbocycles. The van der Waals surface area contributed by atoms with Gasteiger partial charge in [0.25, 0.3) is 0 Å². The van der Waals surface area contributed by atoms with Crippen molar-refractivity contribution in [2.75, 3.05) is 0 Å². The number of rotatable bonds is 5. The van der Waals surface area contributed by atoms with Gasteiger partial charge in [0.15, 0.2) is 0 Å². The molecule has 0 fully saturated rings. The Labute approximate surface area is 63.4 Å². The van der Waals surface area contributed by atoms with Gasteiger partial charge in [-0.05, 0) is 13.3 Å². The molecule has 0 saturated heterocycles. The molecule has 0 unspecified atom stereocenters. The van der Waals surface area contributed by atoms with Crippen molar-refractivity contribution in [2.45, 2.75) is 51.7 Å². The summed E-state index contributed by atoms with van der Waals surface area (Å²) in [7, 11) is 0. The molecular formula is C8H19NO. The molecule has 0 aromatic carbocycles. The van der Waals surface area contributed by atoms with Crippen molar-refractivity contribution in [3.8, 4) is 0 Å². The van der Waals surface area contributed by atoms with E-state index in [9.17, 15) is 0 Å². The summed E-state index contributed by atoms with van der Waals surface area (Å²) in [5.41, 5.74) is 5.61. The smallest absolute Gasteiger partial charge is 0.0662 e. The van der Waals surface area contributed by atoms with Crippen molar-refractivity contribution >= 4 is 0 Å². The number of nitrogens with two attached hydrogens (primary N) is 1. The minimum absolute atomic E-state index is 0.0217. The molecule has 0 aliphatic rings. The molecule has 0 spiro atoms. The van der Waals surface area contributed by atoms with Crippen LogP contribution < -0.4 is 5.73 Å². The predicted octanol–water partition coefficient (Wildman–Crippen LogP) is 1.27. The molecule has 2 atom stereocenters. The van der Waals surface area contributed by atoms with Gasteiger partial charge in [0.2, 0.25) is 0 Å². The monoisotopic (exact) mass is 145 g/mol. The molecule has 0 amide bonds. The van der Waals surface area contributed by atoms with Crippen molar-refractivity contribution < 1.29 is 5.11 Å². The lowest BCUT2D eigenvalue weighted by atomic mass is 10.1. The number of hydrogen-bond acceptors (Lipinski definition) is 2. The summed E-state index contributed by atoms with van der Waals surface area (Å²) in [5.74, 6) is 0. The zero-order valence-corrected chi connectivity index (χ0v) is 7.01. The lowest BCUT2D eigenvalue weighted by Gasteiger charge is -2.13. The molecular weight excluding hydrogens is 126 g/mol. The van der Waals surface area contributed by atoms with Crippen LogP contribution >= 0.6 is 0 Å². The van der Waals surface area contributed by atoms with E-state index in [4.69, 9.17) is 10.8 Å². The van der Waals surface area contributed by atoms with Gasteiger partial charge in [-0.3, -0.25) is 0 Å². The van der Waals surface area contributed by atoms with E-state index in [1.54, 1.807) is 6.92 Å². The van der Waals surface area contributed by atoms with E-state index in [1.807, 2.05) is 0 Å². The van der Waals surface area contributed by atoms with Crippen LogP contribution in [0.2, 0.25) is 0 Å². The molecule has 0 aromatic rings. The van der Waals surface area contributed by atoms with Crippen LogP contribution in [-0.4, -0.2) is 17.3 Å². The number of hydrogen-bond donors (Lipinski definition) is 2. The van der Waals surface area contributed by atoms with Crippen LogP contribution in [0.15, 0.2) is 0 Å². The second-order valence-electron chi connectivity index (χ2n) is 2.90. The summed E-state index contributed by atoms with van der Waals surface area (Å²) in [6, 6.07) is -0.0217. The Morgan fingerprint density at radius 1 is 1.40 bits per heavy atom. The molecule has 62 valence electrons. The van der Waals surface area contributed by atoms with E-state index >= 15 is 0 Å². The van der Waals surface area contributed by atoms with Gasteiger partial charge in [0.05, 0.1) is 6.10 Å².